The number of carbonyl (C=O) groups is 2. The Morgan fingerprint density at radius 1 is 0.838 bits per heavy atom. The summed E-state index contributed by atoms with van der Waals surface area (Å²) in [5, 5.41) is 18.3. The first kappa shape index (κ1) is 25.3. The number of carboxylic acids is 2. The Hall–Kier alpha value is -4.83. The summed E-state index contributed by atoms with van der Waals surface area (Å²) >= 11 is 0. The first-order valence-electron chi connectivity index (χ1n) is 11.3. The van der Waals surface area contributed by atoms with Gasteiger partial charge in [-0.1, -0.05) is 18.2 Å². The predicted octanol–water partition coefficient (Wildman–Crippen LogP) is 3.43. The van der Waals surface area contributed by atoms with Crippen molar-refractivity contribution in [3.63, 3.8) is 0 Å². The van der Waals surface area contributed by atoms with Crippen LogP contribution in [0.15, 0.2) is 72.9 Å². The molecule has 10 nitrogen and oxygen atoms in total. The minimum Gasteiger partial charge on any atom is -0.495 e. The molecule has 0 aliphatic carbocycles. The lowest BCUT2D eigenvalue weighted by Crippen LogP contribution is -2.34. The Bertz CT molecular complexity index is 1410. The van der Waals surface area contributed by atoms with E-state index < -0.39 is 25.0 Å². The van der Waals surface area contributed by atoms with Crippen LogP contribution in [0.25, 0.3) is 33.9 Å². The third kappa shape index (κ3) is 6.44. The van der Waals surface area contributed by atoms with Crippen LogP contribution in [0.4, 0.5) is 5.69 Å². The van der Waals surface area contributed by atoms with Crippen molar-refractivity contribution in [1.82, 2.24) is 19.9 Å². The van der Waals surface area contributed by atoms with Gasteiger partial charge in [-0.05, 0) is 59.7 Å². The zero-order valence-corrected chi connectivity index (χ0v) is 20.0. The maximum atomic E-state index is 11.2. The molecule has 1 aromatic carbocycles. The normalized spacial score (nSPS) is 10.9. The molecule has 0 atom stereocenters. The summed E-state index contributed by atoms with van der Waals surface area (Å²) in [5.41, 5.74) is 11.3. The SMILES string of the molecule is COc1ccc(-c2cc(-c3ccccn3)nc(-c3cccc(CN(CC(=O)O)CC(=O)O)n3)c2)cc1N. The summed E-state index contributed by atoms with van der Waals surface area (Å²) in [4.78, 5) is 37.6. The number of nitrogens with zero attached hydrogens (tertiary/aromatic N) is 4. The highest BCUT2D eigenvalue weighted by molar-refractivity contribution is 5.77. The number of aromatic nitrogens is 3. The largest absolute Gasteiger partial charge is 0.495 e. The Kier molecular flexibility index (Phi) is 7.70. The van der Waals surface area contributed by atoms with Crippen LogP contribution in [0, 0.1) is 0 Å². The first-order chi connectivity index (χ1) is 17.8. The maximum Gasteiger partial charge on any atom is 0.317 e. The molecule has 3 heterocycles. The quantitative estimate of drug-likeness (QED) is 0.277. The van der Waals surface area contributed by atoms with Gasteiger partial charge in [0, 0.05) is 12.7 Å². The Morgan fingerprint density at radius 3 is 2.16 bits per heavy atom. The molecular weight excluding hydrogens is 474 g/mol. The van der Waals surface area contributed by atoms with Gasteiger partial charge in [-0.3, -0.25) is 19.5 Å². The van der Waals surface area contributed by atoms with Gasteiger partial charge in [-0.2, -0.15) is 0 Å². The van der Waals surface area contributed by atoms with Crippen LogP contribution in [-0.2, 0) is 16.1 Å². The third-order valence-corrected chi connectivity index (χ3v) is 5.49. The summed E-state index contributed by atoms with van der Waals surface area (Å²) in [6.45, 7) is -0.794. The average Bonchev–Trinajstić information content (AvgIpc) is 2.88. The van der Waals surface area contributed by atoms with Crippen LogP contribution in [0.3, 0.4) is 0 Å². The molecule has 0 spiro atoms. The molecule has 0 aliphatic heterocycles. The molecule has 10 heteroatoms. The van der Waals surface area contributed by atoms with Crippen LogP contribution in [0.2, 0.25) is 0 Å². The zero-order chi connectivity index (χ0) is 26.4. The van der Waals surface area contributed by atoms with Gasteiger partial charge in [0.1, 0.15) is 5.75 Å². The number of nitrogen functional groups attached to an aromatic ring is 1. The number of rotatable bonds is 10. The molecule has 0 fully saturated rings. The number of carboxylic acid groups (broad SMARTS) is 2. The molecule has 0 unspecified atom stereocenters. The highest BCUT2D eigenvalue weighted by atomic mass is 16.5. The van der Waals surface area contributed by atoms with Crippen molar-refractivity contribution in [2.24, 2.45) is 0 Å². The zero-order valence-electron chi connectivity index (χ0n) is 20.0. The second-order valence-electron chi connectivity index (χ2n) is 8.24. The molecule has 4 aromatic rings. The van der Waals surface area contributed by atoms with Crippen LogP contribution < -0.4 is 10.5 Å². The standard InChI is InChI=1S/C27H25N5O5/c1-37-25-9-8-17(11-20(25)28)18-12-23(21-6-2-3-10-29-21)31-24(13-18)22-7-4-5-19(30-22)14-32(15-26(33)34)16-27(35)36/h2-13H,14-16,28H2,1H3,(H,33,34)(H,35,36). The van der Waals surface area contributed by atoms with E-state index in [0.717, 1.165) is 11.1 Å². The summed E-state index contributed by atoms with van der Waals surface area (Å²) in [5.74, 6) is -1.67. The summed E-state index contributed by atoms with van der Waals surface area (Å²) in [6, 6.07) is 20.1. The number of ether oxygens (including phenoxy) is 1. The molecule has 0 radical (unpaired) electrons. The molecule has 0 saturated heterocycles. The van der Waals surface area contributed by atoms with Crippen molar-refractivity contribution < 1.29 is 24.5 Å². The Labute approximate surface area is 213 Å². The van der Waals surface area contributed by atoms with Gasteiger partial charge in [0.2, 0.25) is 0 Å². The highest BCUT2D eigenvalue weighted by Crippen LogP contribution is 2.32. The maximum absolute atomic E-state index is 11.2. The number of benzene rings is 1. The van der Waals surface area contributed by atoms with E-state index in [9.17, 15) is 9.59 Å². The van der Waals surface area contributed by atoms with Crippen LogP contribution >= 0.6 is 0 Å². The van der Waals surface area contributed by atoms with E-state index in [1.54, 1.807) is 37.6 Å². The fourth-order valence-corrected chi connectivity index (χ4v) is 3.88. The summed E-state index contributed by atoms with van der Waals surface area (Å²) in [6.07, 6.45) is 1.69. The van der Waals surface area contributed by atoms with Gasteiger partial charge in [0.25, 0.3) is 0 Å². The Balaban J connectivity index is 1.76. The van der Waals surface area contributed by atoms with E-state index in [2.05, 4.69) is 9.97 Å². The smallest absolute Gasteiger partial charge is 0.317 e. The summed E-state index contributed by atoms with van der Waals surface area (Å²) in [7, 11) is 1.56. The van der Waals surface area contributed by atoms with Gasteiger partial charge < -0.3 is 20.7 Å². The molecule has 0 bridgehead atoms. The Morgan fingerprint density at radius 2 is 1.54 bits per heavy atom. The summed E-state index contributed by atoms with van der Waals surface area (Å²) < 4.78 is 5.28. The van der Waals surface area contributed by atoms with Gasteiger partial charge in [0.15, 0.2) is 0 Å². The van der Waals surface area contributed by atoms with Crippen molar-refractivity contribution in [2.45, 2.75) is 6.54 Å². The lowest BCUT2D eigenvalue weighted by Gasteiger charge is -2.17. The van der Waals surface area contributed by atoms with Gasteiger partial charge in [-0.25, -0.2) is 9.97 Å². The second kappa shape index (κ2) is 11.3. The van der Waals surface area contributed by atoms with Gasteiger partial charge in [-0.15, -0.1) is 0 Å². The number of aliphatic carboxylic acids is 2. The third-order valence-electron chi connectivity index (χ3n) is 5.49. The number of methoxy groups -OCH3 is 1. The van der Waals surface area contributed by atoms with Crippen molar-refractivity contribution in [3.05, 3.63) is 78.6 Å². The highest BCUT2D eigenvalue weighted by Gasteiger charge is 2.16. The topological polar surface area (TPSA) is 152 Å². The number of nitrogens with two attached hydrogens (primary N) is 1. The van der Waals surface area contributed by atoms with Crippen molar-refractivity contribution >= 4 is 17.6 Å². The van der Waals surface area contributed by atoms with Gasteiger partial charge >= 0.3 is 11.9 Å². The molecule has 4 N–H and O–H groups in total. The molecule has 37 heavy (non-hydrogen) atoms. The monoisotopic (exact) mass is 499 g/mol. The van der Waals surface area contributed by atoms with Crippen molar-refractivity contribution in [3.8, 4) is 39.7 Å². The van der Waals surface area contributed by atoms with E-state index >= 15 is 0 Å². The number of hydrogen-bond acceptors (Lipinski definition) is 8. The van der Waals surface area contributed by atoms with E-state index in [0.29, 0.717) is 39.9 Å². The fourth-order valence-electron chi connectivity index (χ4n) is 3.88. The number of pyridine rings is 3. The lowest BCUT2D eigenvalue weighted by molar-refractivity contribution is -0.142. The van der Waals surface area contributed by atoms with E-state index in [-0.39, 0.29) is 6.54 Å². The lowest BCUT2D eigenvalue weighted by atomic mass is 10.0. The molecule has 4 rings (SSSR count). The van der Waals surface area contributed by atoms with Crippen LogP contribution in [-0.4, -0.2) is 62.2 Å². The van der Waals surface area contributed by atoms with Crippen LogP contribution in [0.1, 0.15) is 5.69 Å². The van der Waals surface area contributed by atoms with E-state index in [4.69, 9.17) is 25.7 Å². The molecule has 0 aliphatic rings. The number of anilines is 1. The van der Waals surface area contributed by atoms with E-state index in [1.165, 1.54) is 4.90 Å². The molecule has 0 saturated carbocycles. The van der Waals surface area contributed by atoms with Gasteiger partial charge in [0.05, 0.1) is 54.4 Å². The second-order valence-corrected chi connectivity index (χ2v) is 8.24. The van der Waals surface area contributed by atoms with Crippen molar-refractivity contribution in [1.29, 1.82) is 0 Å². The molecular formula is C27H25N5O5. The molecule has 3 aromatic heterocycles. The van der Waals surface area contributed by atoms with Crippen LogP contribution in [0.5, 0.6) is 5.75 Å². The first-order valence-corrected chi connectivity index (χ1v) is 11.3. The fraction of sp³-hybridized carbons (Fsp3) is 0.148. The molecule has 188 valence electrons. The average molecular weight is 500 g/mol. The minimum atomic E-state index is -1.12. The van der Waals surface area contributed by atoms with E-state index in [1.807, 2.05) is 42.5 Å². The van der Waals surface area contributed by atoms with Crippen molar-refractivity contribution in [2.75, 3.05) is 25.9 Å². The number of hydrogen-bond donors (Lipinski definition) is 3. The minimum absolute atomic E-state index is 0.0498. The predicted molar refractivity (Wildman–Crippen MR) is 138 cm³/mol. The molecule has 0 amide bonds.